The van der Waals surface area contributed by atoms with E-state index < -0.39 is 0 Å². The van der Waals surface area contributed by atoms with E-state index in [9.17, 15) is 0 Å². The van der Waals surface area contributed by atoms with Gasteiger partial charge in [0.15, 0.2) is 0 Å². The molecule has 0 saturated carbocycles. The van der Waals surface area contributed by atoms with Crippen molar-refractivity contribution in [1.82, 2.24) is 14.5 Å². The molecule has 0 amide bonds. The first-order valence-corrected chi connectivity index (χ1v) is 11.5. The minimum atomic E-state index is -0.0812. The molecule has 5 aromatic rings. The van der Waals surface area contributed by atoms with E-state index in [0.717, 1.165) is 33.9 Å². The number of pyridine rings is 1. The van der Waals surface area contributed by atoms with Gasteiger partial charge in [0.2, 0.25) is 0 Å². The molecule has 2 aromatic heterocycles. The van der Waals surface area contributed by atoms with Gasteiger partial charge in [0, 0.05) is 25.8 Å². The third-order valence-corrected chi connectivity index (χ3v) is 6.43. The van der Waals surface area contributed by atoms with Gasteiger partial charge in [0.1, 0.15) is 0 Å². The van der Waals surface area contributed by atoms with Crippen LogP contribution >= 0.6 is 0 Å². The van der Waals surface area contributed by atoms with Crippen molar-refractivity contribution in [3.05, 3.63) is 114 Å². The molecule has 1 aliphatic heterocycles. The second-order valence-electron chi connectivity index (χ2n) is 9.09. The Labute approximate surface area is 220 Å². The van der Waals surface area contributed by atoms with Gasteiger partial charge >= 0.3 is 0 Å². The second kappa shape index (κ2) is 10.1. The third-order valence-electron chi connectivity index (χ3n) is 6.43. The van der Waals surface area contributed by atoms with Crippen LogP contribution in [-0.4, -0.2) is 14.5 Å². The van der Waals surface area contributed by atoms with Gasteiger partial charge in [-0.15, -0.1) is 71.8 Å². The van der Waals surface area contributed by atoms with E-state index in [-0.39, 0.29) is 25.6 Å². The summed E-state index contributed by atoms with van der Waals surface area (Å²) < 4.78 is 2.36. The smallest absolute Gasteiger partial charge is 0.0777 e. The number of imidazole rings is 1. The number of aryl methyl sites for hydroxylation is 1. The summed E-state index contributed by atoms with van der Waals surface area (Å²) in [6.07, 6.45) is 2.28. The fraction of sp³-hybridized carbons (Fsp3) is 0.161. The molecule has 0 spiro atoms. The Kier molecular flexibility index (Phi) is 7.16. The van der Waals surface area contributed by atoms with Crippen molar-refractivity contribution in [3.63, 3.8) is 0 Å². The van der Waals surface area contributed by atoms with Crippen LogP contribution in [0.15, 0.2) is 90.5 Å². The topological polar surface area (TPSA) is 30.7 Å². The summed E-state index contributed by atoms with van der Waals surface area (Å²) >= 11 is 0. The van der Waals surface area contributed by atoms with E-state index >= 15 is 0 Å². The molecule has 1 radical (unpaired) electrons. The maximum atomic E-state index is 4.88. The van der Waals surface area contributed by atoms with Crippen molar-refractivity contribution < 1.29 is 20.1 Å². The van der Waals surface area contributed by atoms with E-state index in [1.54, 1.807) is 0 Å². The van der Waals surface area contributed by atoms with Crippen molar-refractivity contribution in [2.75, 3.05) is 0 Å². The number of aromatic nitrogens is 3. The Bertz CT molecular complexity index is 1480. The van der Waals surface area contributed by atoms with Crippen molar-refractivity contribution >= 4 is 17.1 Å². The van der Waals surface area contributed by atoms with Gasteiger partial charge in [-0.25, -0.2) is 0 Å². The standard InChI is InChI=1S/C19H17N2.C12H10N.Ir/c1-13-12-15-10-7-11-16-17(15)21(19(13,2)3)18(20-16)14-8-5-4-6-9-14;1-10-6-5-9-12(13-10)11-7-3-2-4-8-11;/h4-8,10-12H,1-3H3;2-7,9H,1H3;/q2*-1;. The molecule has 0 N–H and O–H groups in total. The van der Waals surface area contributed by atoms with E-state index in [0.29, 0.717) is 0 Å². The van der Waals surface area contributed by atoms with Crippen LogP contribution in [0.25, 0.3) is 39.8 Å². The number of hydrogen-bond donors (Lipinski definition) is 0. The first kappa shape index (κ1) is 24.8. The molecular formula is C31H27IrN3-2. The van der Waals surface area contributed by atoms with Crippen LogP contribution in [-0.2, 0) is 25.6 Å². The summed E-state index contributed by atoms with van der Waals surface area (Å²) in [5.74, 6) is 0.996. The molecule has 6 rings (SSSR count). The van der Waals surface area contributed by atoms with Crippen molar-refractivity contribution in [2.45, 2.75) is 33.2 Å². The van der Waals surface area contributed by atoms with Crippen molar-refractivity contribution in [3.8, 4) is 22.6 Å². The summed E-state index contributed by atoms with van der Waals surface area (Å²) in [7, 11) is 0. The van der Waals surface area contributed by atoms with Crippen LogP contribution < -0.4 is 0 Å². The number of allylic oxidation sites excluding steroid dienone is 1. The number of benzene rings is 3. The molecule has 0 saturated heterocycles. The minimum Gasteiger partial charge on any atom is -0.355 e. The van der Waals surface area contributed by atoms with Gasteiger partial charge in [-0.05, 0) is 56.7 Å². The first-order chi connectivity index (χ1) is 16.4. The van der Waals surface area contributed by atoms with Gasteiger partial charge < -0.3 is 9.55 Å². The summed E-state index contributed by atoms with van der Waals surface area (Å²) in [4.78, 5) is 9.30. The number of hydrogen-bond acceptors (Lipinski definition) is 2. The zero-order valence-electron chi connectivity index (χ0n) is 20.3. The fourth-order valence-electron chi connectivity index (χ4n) is 4.36. The molecule has 3 nitrogen and oxygen atoms in total. The minimum absolute atomic E-state index is 0. The molecule has 177 valence electrons. The zero-order chi connectivity index (χ0) is 23.7. The van der Waals surface area contributed by atoms with Gasteiger partial charge in [0.25, 0.3) is 0 Å². The summed E-state index contributed by atoms with van der Waals surface area (Å²) in [6, 6.07) is 34.7. The third kappa shape index (κ3) is 4.77. The molecule has 3 heterocycles. The van der Waals surface area contributed by atoms with Crippen molar-refractivity contribution in [1.29, 1.82) is 0 Å². The maximum absolute atomic E-state index is 4.88. The van der Waals surface area contributed by atoms with Crippen LogP contribution in [0.3, 0.4) is 0 Å². The Morgan fingerprint density at radius 1 is 0.743 bits per heavy atom. The average Bonchev–Trinajstić information content (AvgIpc) is 3.27. The van der Waals surface area contributed by atoms with Gasteiger partial charge in [-0.2, -0.15) is 0 Å². The van der Waals surface area contributed by atoms with Crippen LogP contribution in [0, 0.1) is 19.1 Å². The Balaban J connectivity index is 0.000000179. The van der Waals surface area contributed by atoms with Gasteiger partial charge in [0.05, 0.1) is 22.4 Å². The quantitative estimate of drug-likeness (QED) is 0.189. The summed E-state index contributed by atoms with van der Waals surface area (Å²) in [5.41, 5.74) is 8.90. The van der Waals surface area contributed by atoms with E-state index in [2.05, 4.69) is 72.8 Å². The monoisotopic (exact) mass is 634 g/mol. The number of nitrogens with zero attached hydrogens (tertiary/aromatic N) is 3. The Morgan fingerprint density at radius 2 is 1.43 bits per heavy atom. The fourth-order valence-corrected chi connectivity index (χ4v) is 4.36. The average molecular weight is 634 g/mol. The molecule has 0 atom stereocenters. The SMILES string of the molecule is CC1=Cc2cccc3nc(-c4[c-]cccc4)n(c23)C1(C)C.Cc1cccc(-c2[c-]cccc2)n1.[Ir]. The second-order valence-corrected chi connectivity index (χ2v) is 9.09. The molecule has 4 heteroatoms. The van der Waals surface area contributed by atoms with Crippen LogP contribution in [0.4, 0.5) is 0 Å². The Hall–Kier alpha value is -3.33. The molecular weight excluding hydrogens is 607 g/mol. The number of rotatable bonds is 2. The summed E-state index contributed by atoms with van der Waals surface area (Å²) in [5, 5.41) is 0. The van der Waals surface area contributed by atoms with Gasteiger partial charge in [-0.1, -0.05) is 30.3 Å². The molecule has 1 aliphatic rings. The maximum Gasteiger partial charge on any atom is 0.0777 e. The predicted molar refractivity (Wildman–Crippen MR) is 140 cm³/mol. The van der Waals surface area contributed by atoms with E-state index in [1.165, 1.54) is 16.7 Å². The number of para-hydroxylation sites is 1. The molecule has 0 bridgehead atoms. The normalized spacial score (nSPS) is 13.3. The molecule has 35 heavy (non-hydrogen) atoms. The van der Waals surface area contributed by atoms with E-state index in [1.807, 2.05) is 67.6 Å². The molecule has 0 fully saturated rings. The Morgan fingerprint density at radius 3 is 2.09 bits per heavy atom. The van der Waals surface area contributed by atoms with Gasteiger partial charge in [-0.3, -0.25) is 4.98 Å². The zero-order valence-corrected chi connectivity index (χ0v) is 22.7. The largest absolute Gasteiger partial charge is 0.355 e. The molecule has 0 unspecified atom stereocenters. The van der Waals surface area contributed by atoms with E-state index in [4.69, 9.17) is 4.98 Å². The van der Waals surface area contributed by atoms with Crippen molar-refractivity contribution in [2.24, 2.45) is 0 Å². The summed E-state index contributed by atoms with van der Waals surface area (Å²) in [6.45, 7) is 8.69. The predicted octanol–water partition coefficient (Wildman–Crippen LogP) is 7.51. The molecule has 0 aliphatic carbocycles. The first-order valence-electron chi connectivity index (χ1n) is 11.5. The van der Waals surface area contributed by atoms with Crippen LogP contribution in [0.1, 0.15) is 32.0 Å². The van der Waals surface area contributed by atoms with Crippen LogP contribution in [0.5, 0.6) is 0 Å². The van der Waals surface area contributed by atoms with Crippen LogP contribution in [0.2, 0.25) is 0 Å². The molecule has 3 aromatic carbocycles.